The van der Waals surface area contributed by atoms with E-state index in [4.69, 9.17) is 5.73 Å². The van der Waals surface area contributed by atoms with Crippen molar-refractivity contribution in [2.75, 3.05) is 25.4 Å². The summed E-state index contributed by atoms with van der Waals surface area (Å²) in [7, 11) is -3.81. The number of nitrogen functional groups attached to an aromatic ring is 1. The van der Waals surface area contributed by atoms with Gasteiger partial charge in [-0.1, -0.05) is 6.07 Å². The van der Waals surface area contributed by atoms with E-state index >= 15 is 0 Å². The lowest BCUT2D eigenvalue weighted by atomic mass is 10.4. The number of carbonyl (C=O) groups is 1. The first kappa shape index (κ1) is 13.8. The summed E-state index contributed by atoms with van der Waals surface area (Å²) < 4.78 is 28.3. The molecule has 0 aromatic carbocycles. The minimum Gasteiger partial charge on any atom is -0.381 e. The molecule has 3 N–H and O–H groups in total. The maximum atomic E-state index is 12.8. The number of hydrogen-bond donors (Lipinski definition) is 2. The zero-order valence-electron chi connectivity index (χ0n) is 11.2. The summed E-state index contributed by atoms with van der Waals surface area (Å²) in [5.74, 6) is -0.191. The fraction of sp³-hybridized carbons (Fsp3) is 0.333. The summed E-state index contributed by atoms with van der Waals surface area (Å²) in [5, 5.41) is 2.60. The Labute approximate surface area is 121 Å². The number of sulfonamides is 1. The molecule has 9 heteroatoms. The number of imidazole rings is 1. The second kappa shape index (κ2) is 5.01. The number of amides is 1. The third-order valence-corrected chi connectivity index (χ3v) is 5.31. The van der Waals surface area contributed by atoms with Crippen molar-refractivity contribution >= 4 is 27.4 Å². The van der Waals surface area contributed by atoms with Gasteiger partial charge in [0.25, 0.3) is 10.0 Å². The Morgan fingerprint density at radius 1 is 1.29 bits per heavy atom. The van der Waals surface area contributed by atoms with E-state index in [1.165, 1.54) is 8.71 Å². The van der Waals surface area contributed by atoms with Gasteiger partial charge < -0.3 is 11.1 Å². The quantitative estimate of drug-likeness (QED) is 0.772. The fourth-order valence-electron chi connectivity index (χ4n) is 2.36. The molecule has 1 amide bonds. The van der Waals surface area contributed by atoms with Crippen LogP contribution in [0.1, 0.15) is 6.42 Å². The molecule has 3 heterocycles. The highest BCUT2D eigenvalue weighted by molar-refractivity contribution is 7.89. The Hall–Kier alpha value is -2.13. The molecular weight excluding hydrogens is 294 g/mol. The number of anilines is 1. The van der Waals surface area contributed by atoms with Crippen molar-refractivity contribution in [2.45, 2.75) is 11.4 Å². The molecule has 8 nitrogen and oxygen atoms in total. The molecule has 1 aliphatic heterocycles. The molecule has 0 spiro atoms. The van der Waals surface area contributed by atoms with Crippen LogP contribution in [-0.2, 0) is 14.8 Å². The Kier molecular flexibility index (Phi) is 3.30. The van der Waals surface area contributed by atoms with Crippen LogP contribution in [0.5, 0.6) is 0 Å². The normalized spacial score (nSPS) is 17.6. The fourth-order valence-corrected chi connectivity index (χ4v) is 3.98. The third-order valence-electron chi connectivity index (χ3n) is 3.37. The molecule has 3 rings (SSSR count). The van der Waals surface area contributed by atoms with Gasteiger partial charge in [0.05, 0.1) is 0 Å². The maximum Gasteiger partial charge on any atom is 0.262 e. The van der Waals surface area contributed by atoms with Crippen LogP contribution >= 0.6 is 0 Å². The van der Waals surface area contributed by atoms with Gasteiger partial charge in [-0.05, 0) is 12.1 Å². The SMILES string of the molecule is Nc1nc2ccccn2c1S(=O)(=O)N1CCNC(=O)CC1. The zero-order valence-corrected chi connectivity index (χ0v) is 12.0. The van der Waals surface area contributed by atoms with Crippen LogP contribution < -0.4 is 11.1 Å². The van der Waals surface area contributed by atoms with Crippen LogP contribution in [-0.4, -0.2) is 47.6 Å². The summed E-state index contributed by atoms with van der Waals surface area (Å²) in [6.45, 7) is 0.635. The summed E-state index contributed by atoms with van der Waals surface area (Å²) >= 11 is 0. The summed E-state index contributed by atoms with van der Waals surface area (Å²) in [6.07, 6.45) is 1.74. The van der Waals surface area contributed by atoms with Gasteiger partial charge in [-0.25, -0.2) is 13.4 Å². The van der Waals surface area contributed by atoms with Crippen molar-refractivity contribution in [3.05, 3.63) is 24.4 Å². The van der Waals surface area contributed by atoms with E-state index in [-0.39, 0.29) is 42.8 Å². The van der Waals surface area contributed by atoms with Gasteiger partial charge in [0.2, 0.25) is 5.91 Å². The highest BCUT2D eigenvalue weighted by Gasteiger charge is 2.31. The summed E-state index contributed by atoms with van der Waals surface area (Å²) in [6, 6.07) is 5.15. The van der Waals surface area contributed by atoms with Crippen LogP contribution in [0.4, 0.5) is 5.82 Å². The second-order valence-corrected chi connectivity index (χ2v) is 6.59. The van der Waals surface area contributed by atoms with Crippen LogP contribution in [0.2, 0.25) is 0 Å². The van der Waals surface area contributed by atoms with E-state index < -0.39 is 10.0 Å². The van der Waals surface area contributed by atoms with Crippen molar-refractivity contribution in [3.63, 3.8) is 0 Å². The number of nitrogens with one attached hydrogen (secondary N) is 1. The van der Waals surface area contributed by atoms with E-state index in [0.717, 1.165) is 0 Å². The monoisotopic (exact) mass is 309 g/mol. The Morgan fingerprint density at radius 2 is 2.10 bits per heavy atom. The molecule has 21 heavy (non-hydrogen) atoms. The molecule has 1 fully saturated rings. The molecule has 2 aromatic heterocycles. The van der Waals surface area contributed by atoms with E-state index in [0.29, 0.717) is 5.65 Å². The smallest absolute Gasteiger partial charge is 0.262 e. The van der Waals surface area contributed by atoms with Gasteiger partial charge in [-0.15, -0.1) is 0 Å². The minimum absolute atomic E-state index is 0.0373. The Balaban J connectivity index is 2.08. The largest absolute Gasteiger partial charge is 0.381 e. The van der Waals surface area contributed by atoms with Crippen molar-refractivity contribution in [1.82, 2.24) is 19.0 Å². The van der Waals surface area contributed by atoms with Crippen molar-refractivity contribution in [1.29, 1.82) is 0 Å². The molecule has 0 bridgehead atoms. The van der Waals surface area contributed by atoms with Gasteiger partial charge in [0, 0.05) is 32.3 Å². The van der Waals surface area contributed by atoms with Crippen LogP contribution in [0.3, 0.4) is 0 Å². The van der Waals surface area contributed by atoms with Gasteiger partial charge in [-0.2, -0.15) is 4.31 Å². The van der Waals surface area contributed by atoms with Crippen LogP contribution in [0.25, 0.3) is 5.65 Å². The molecule has 2 aromatic rings. The predicted molar refractivity (Wildman–Crippen MR) is 76.0 cm³/mol. The number of hydrogen-bond acceptors (Lipinski definition) is 5. The number of aromatic nitrogens is 2. The lowest BCUT2D eigenvalue weighted by Crippen LogP contribution is -2.35. The maximum absolute atomic E-state index is 12.8. The summed E-state index contributed by atoms with van der Waals surface area (Å²) in [5.41, 5.74) is 6.26. The average Bonchev–Trinajstić information content (AvgIpc) is 2.62. The summed E-state index contributed by atoms with van der Waals surface area (Å²) in [4.78, 5) is 15.4. The van der Waals surface area contributed by atoms with Gasteiger partial charge in [0.1, 0.15) is 5.65 Å². The minimum atomic E-state index is -3.81. The highest BCUT2D eigenvalue weighted by atomic mass is 32.2. The van der Waals surface area contributed by atoms with Crippen molar-refractivity contribution in [3.8, 4) is 0 Å². The van der Waals surface area contributed by atoms with E-state index in [1.54, 1.807) is 24.4 Å². The number of fused-ring (bicyclic) bond motifs is 1. The van der Waals surface area contributed by atoms with Gasteiger partial charge in [0.15, 0.2) is 10.8 Å². The van der Waals surface area contributed by atoms with E-state index in [2.05, 4.69) is 10.3 Å². The van der Waals surface area contributed by atoms with E-state index in [1.807, 2.05) is 0 Å². The standard InChI is InChI=1S/C12H15N5O3S/c13-11-12(17-6-2-1-3-9(17)15-11)21(19,20)16-7-4-10(18)14-5-8-16/h1-3,6H,4-5,7-8,13H2,(H,14,18). The molecular formula is C12H15N5O3S. The van der Waals surface area contributed by atoms with Gasteiger partial charge >= 0.3 is 0 Å². The first-order chi connectivity index (χ1) is 10.00. The predicted octanol–water partition coefficient (Wildman–Crippen LogP) is -0.573. The molecule has 0 atom stereocenters. The van der Waals surface area contributed by atoms with Crippen LogP contribution in [0.15, 0.2) is 29.4 Å². The average molecular weight is 309 g/mol. The molecule has 0 radical (unpaired) electrons. The lowest BCUT2D eigenvalue weighted by Gasteiger charge is -2.19. The molecule has 1 saturated heterocycles. The molecule has 0 saturated carbocycles. The third kappa shape index (κ3) is 2.34. The lowest BCUT2D eigenvalue weighted by molar-refractivity contribution is -0.120. The van der Waals surface area contributed by atoms with Gasteiger partial charge in [-0.3, -0.25) is 9.20 Å². The topological polar surface area (TPSA) is 110 Å². The molecule has 0 aliphatic carbocycles. The van der Waals surface area contributed by atoms with E-state index in [9.17, 15) is 13.2 Å². The number of rotatable bonds is 2. The Bertz CT molecular complexity index is 798. The Morgan fingerprint density at radius 3 is 2.90 bits per heavy atom. The van der Waals surface area contributed by atoms with Crippen molar-refractivity contribution in [2.24, 2.45) is 0 Å². The molecule has 0 unspecified atom stereocenters. The second-order valence-electron chi connectivity index (χ2n) is 4.74. The van der Waals surface area contributed by atoms with Crippen LogP contribution in [0, 0.1) is 0 Å². The zero-order chi connectivity index (χ0) is 15.0. The molecule has 1 aliphatic rings. The number of carbonyl (C=O) groups excluding carboxylic acids is 1. The number of nitrogens with two attached hydrogens (primary N) is 1. The number of pyridine rings is 1. The first-order valence-corrected chi connectivity index (χ1v) is 7.93. The first-order valence-electron chi connectivity index (χ1n) is 6.49. The molecule has 112 valence electrons. The van der Waals surface area contributed by atoms with Crippen molar-refractivity contribution < 1.29 is 13.2 Å². The number of nitrogens with zero attached hydrogens (tertiary/aromatic N) is 3. The highest BCUT2D eigenvalue weighted by Crippen LogP contribution is 2.24.